The summed E-state index contributed by atoms with van der Waals surface area (Å²) in [6.07, 6.45) is 4.04. The number of ketones is 1. The van der Waals surface area contributed by atoms with Crippen LogP contribution in [0.15, 0.2) is 0 Å². The molecule has 0 aromatic rings. The predicted octanol–water partition coefficient (Wildman–Crippen LogP) is 0.424. The summed E-state index contributed by atoms with van der Waals surface area (Å²) in [7, 11) is 0. The average molecular weight is 171 g/mol. The van der Waals surface area contributed by atoms with Gasteiger partial charge >= 0.3 is 0 Å². The van der Waals surface area contributed by atoms with Crippen molar-refractivity contribution in [1.29, 1.82) is 0 Å². The zero-order valence-corrected chi connectivity index (χ0v) is 7.46. The summed E-state index contributed by atoms with van der Waals surface area (Å²) in [4.78, 5) is 13.1. The number of carbonyl (C=O) groups excluding carboxylic acids is 1. The highest BCUT2D eigenvalue weighted by Gasteiger charge is 2.10. The third-order valence-corrected chi connectivity index (χ3v) is 2.30. The van der Waals surface area contributed by atoms with Crippen molar-refractivity contribution in [2.45, 2.75) is 25.7 Å². The number of aliphatic hydroxyl groups excluding tert-OH is 1. The van der Waals surface area contributed by atoms with Crippen LogP contribution < -0.4 is 0 Å². The van der Waals surface area contributed by atoms with Gasteiger partial charge in [0.05, 0.1) is 0 Å². The number of hydrogen-bond acceptors (Lipinski definition) is 3. The minimum Gasteiger partial charge on any atom is -0.389 e. The number of hydrogen-bond donors (Lipinski definition) is 1. The van der Waals surface area contributed by atoms with E-state index in [0.29, 0.717) is 6.42 Å². The normalized spacial score (nSPS) is 18.4. The number of nitrogens with zero attached hydrogens (tertiary/aromatic N) is 1. The molecular weight excluding hydrogens is 154 g/mol. The smallest absolute Gasteiger partial charge is 0.158 e. The van der Waals surface area contributed by atoms with Crippen LogP contribution in [0.5, 0.6) is 0 Å². The molecule has 3 heteroatoms. The van der Waals surface area contributed by atoms with E-state index in [9.17, 15) is 4.79 Å². The quantitative estimate of drug-likeness (QED) is 0.652. The number of Topliss-reactive ketones (excluding diaryl/α,β-unsaturated/α-hetero) is 1. The molecule has 1 saturated heterocycles. The first kappa shape index (κ1) is 9.68. The van der Waals surface area contributed by atoms with Gasteiger partial charge in [-0.25, -0.2) is 0 Å². The highest BCUT2D eigenvalue weighted by molar-refractivity contribution is 5.79. The van der Waals surface area contributed by atoms with Gasteiger partial charge in [-0.1, -0.05) is 0 Å². The maximum atomic E-state index is 10.7. The molecule has 0 unspecified atom stereocenters. The second-order valence-electron chi connectivity index (χ2n) is 3.35. The molecule has 70 valence electrons. The van der Waals surface area contributed by atoms with E-state index in [-0.39, 0.29) is 12.4 Å². The zero-order chi connectivity index (χ0) is 8.81. The Bertz CT molecular complexity index is 141. The first-order valence-corrected chi connectivity index (χ1v) is 4.68. The van der Waals surface area contributed by atoms with Crippen molar-refractivity contribution in [2.75, 3.05) is 26.2 Å². The lowest BCUT2D eigenvalue weighted by Gasteiger charge is -2.12. The van der Waals surface area contributed by atoms with Gasteiger partial charge in [-0.15, -0.1) is 0 Å². The molecule has 1 heterocycles. The van der Waals surface area contributed by atoms with E-state index in [1.165, 1.54) is 25.9 Å². The summed E-state index contributed by atoms with van der Waals surface area (Å²) in [6, 6.07) is 0. The van der Waals surface area contributed by atoms with Crippen molar-refractivity contribution in [1.82, 2.24) is 4.90 Å². The van der Waals surface area contributed by atoms with E-state index in [1.807, 2.05) is 0 Å². The SMILES string of the molecule is O=C(CO)CCCN1CCCC1. The Morgan fingerprint density at radius 2 is 2.00 bits per heavy atom. The van der Waals surface area contributed by atoms with E-state index in [1.54, 1.807) is 0 Å². The summed E-state index contributed by atoms with van der Waals surface area (Å²) < 4.78 is 0. The van der Waals surface area contributed by atoms with E-state index in [2.05, 4.69) is 4.90 Å². The summed E-state index contributed by atoms with van der Waals surface area (Å²) in [5.41, 5.74) is 0. The maximum absolute atomic E-state index is 10.7. The molecule has 0 aromatic heterocycles. The molecule has 1 rings (SSSR count). The molecule has 0 amide bonds. The largest absolute Gasteiger partial charge is 0.389 e. The molecule has 3 nitrogen and oxygen atoms in total. The van der Waals surface area contributed by atoms with Gasteiger partial charge in [0.2, 0.25) is 0 Å². The molecule has 1 aliphatic rings. The molecule has 1 fully saturated rings. The Labute approximate surface area is 73.4 Å². The van der Waals surface area contributed by atoms with Crippen molar-refractivity contribution in [3.8, 4) is 0 Å². The monoisotopic (exact) mass is 171 g/mol. The first-order chi connectivity index (χ1) is 5.83. The van der Waals surface area contributed by atoms with Crippen LogP contribution in [0.2, 0.25) is 0 Å². The van der Waals surface area contributed by atoms with Gasteiger partial charge in [-0.3, -0.25) is 4.79 Å². The van der Waals surface area contributed by atoms with E-state index in [0.717, 1.165) is 13.0 Å². The average Bonchev–Trinajstić information content (AvgIpc) is 2.57. The van der Waals surface area contributed by atoms with Crippen LogP contribution in [0.4, 0.5) is 0 Å². The minimum absolute atomic E-state index is 0.0332. The Morgan fingerprint density at radius 3 is 2.58 bits per heavy atom. The fourth-order valence-corrected chi connectivity index (χ4v) is 1.59. The fourth-order valence-electron chi connectivity index (χ4n) is 1.59. The molecule has 0 aromatic carbocycles. The summed E-state index contributed by atoms with van der Waals surface area (Å²) in [5.74, 6) is -0.0332. The lowest BCUT2D eigenvalue weighted by atomic mass is 10.2. The van der Waals surface area contributed by atoms with Crippen LogP contribution >= 0.6 is 0 Å². The molecule has 0 bridgehead atoms. The Balaban J connectivity index is 1.97. The Kier molecular flexibility index (Phi) is 4.25. The second kappa shape index (κ2) is 5.27. The third-order valence-electron chi connectivity index (χ3n) is 2.30. The van der Waals surface area contributed by atoms with Gasteiger partial charge in [0.25, 0.3) is 0 Å². The van der Waals surface area contributed by atoms with Crippen molar-refractivity contribution in [3.63, 3.8) is 0 Å². The standard InChI is InChI=1S/C9H17NO2/c11-8-9(12)4-3-7-10-5-1-2-6-10/h11H,1-8H2. The first-order valence-electron chi connectivity index (χ1n) is 4.68. The van der Waals surface area contributed by atoms with Gasteiger partial charge in [0.15, 0.2) is 5.78 Å². The highest BCUT2D eigenvalue weighted by atomic mass is 16.3. The maximum Gasteiger partial charge on any atom is 0.158 e. The van der Waals surface area contributed by atoms with Crippen molar-refractivity contribution < 1.29 is 9.90 Å². The lowest BCUT2D eigenvalue weighted by molar-refractivity contribution is -0.121. The summed E-state index contributed by atoms with van der Waals surface area (Å²) in [5, 5.41) is 8.46. The Morgan fingerprint density at radius 1 is 1.33 bits per heavy atom. The van der Waals surface area contributed by atoms with Crippen molar-refractivity contribution in [3.05, 3.63) is 0 Å². The highest BCUT2D eigenvalue weighted by Crippen LogP contribution is 2.08. The fraction of sp³-hybridized carbons (Fsp3) is 0.889. The predicted molar refractivity (Wildman–Crippen MR) is 47.0 cm³/mol. The molecule has 0 aliphatic carbocycles. The van der Waals surface area contributed by atoms with Gasteiger partial charge < -0.3 is 10.0 Å². The van der Waals surface area contributed by atoms with Gasteiger partial charge in [0.1, 0.15) is 6.61 Å². The number of rotatable bonds is 5. The zero-order valence-electron chi connectivity index (χ0n) is 7.46. The number of likely N-dealkylation sites (tertiary alicyclic amines) is 1. The molecule has 0 radical (unpaired) electrons. The minimum atomic E-state index is -0.292. The van der Waals surface area contributed by atoms with E-state index >= 15 is 0 Å². The molecule has 12 heavy (non-hydrogen) atoms. The van der Waals surface area contributed by atoms with Crippen LogP contribution in [0, 0.1) is 0 Å². The van der Waals surface area contributed by atoms with Crippen molar-refractivity contribution >= 4 is 5.78 Å². The van der Waals surface area contributed by atoms with Crippen LogP contribution in [-0.4, -0.2) is 42.0 Å². The van der Waals surface area contributed by atoms with Crippen molar-refractivity contribution in [2.24, 2.45) is 0 Å². The molecule has 0 saturated carbocycles. The van der Waals surface area contributed by atoms with Crippen LogP contribution in [0.1, 0.15) is 25.7 Å². The van der Waals surface area contributed by atoms with Gasteiger partial charge in [-0.2, -0.15) is 0 Å². The lowest BCUT2D eigenvalue weighted by Crippen LogP contribution is -2.21. The summed E-state index contributed by atoms with van der Waals surface area (Å²) >= 11 is 0. The van der Waals surface area contributed by atoms with E-state index < -0.39 is 0 Å². The molecule has 1 N–H and O–H groups in total. The van der Waals surface area contributed by atoms with Crippen LogP contribution in [0.25, 0.3) is 0 Å². The van der Waals surface area contributed by atoms with Gasteiger partial charge in [0, 0.05) is 6.42 Å². The molecular formula is C9H17NO2. The third kappa shape index (κ3) is 3.32. The summed E-state index contributed by atoms with van der Waals surface area (Å²) in [6.45, 7) is 3.10. The number of carbonyl (C=O) groups is 1. The van der Waals surface area contributed by atoms with Crippen LogP contribution in [0.3, 0.4) is 0 Å². The van der Waals surface area contributed by atoms with Crippen LogP contribution in [-0.2, 0) is 4.79 Å². The molecule has 1 aliphatic heterocycles. The van der Waals surface area contributed by atoms with Gasteiger partial charge in [-0.05, 0) is 38.9 Å². The topological polar surface area (TPSA) is 40.5 Å². The molecule has 0 spiro atoms. The Hall–Kier alpha value is -0.410. The second-order valence-corrected chi connectivity index (χ2v) is 3.35. The molecule has 0 atom stereocenters. The van der Waals surface area contributed by atoms with E-state index in [4.69, 9.17) is 5.11 Å². The number of aliphatic hydroxyl groups is 1.